The van der Waals surface area contributed by atoms with E-state index in [1.807, 2.05) is 30.3 Å². The zero-order valence-electron chi connectivity index (χ0n) is 17.0. The Morgan fingerprint density at radius 1 is 1.07 bits per heavy atom. The molecule has 0 aliphatic heterocycles. The minimum Gasteiger partial charge on any atom is -0.444 e. The number of ether oxygens (including phenoxy) is 3. The Balaban J connectivity index is 2.03. The summed E-state index contributed by atoms with van der Waals surface area (Å²) < 4.78 is 16.0. The molecule has 0 radical (unpaired) electrons. The van der Waals surface area contributed by atoms with Crippen molar-refractivity contribution in [1.82, 2.24) is 5.32 Å². The molecule has 2 aromatic rings. The summed E-state index contributed by atoms with van der Waals surface area (Å²) >= 11 is 0. The summed E-state index contributed by atoms with van der Waals surface area (Å²) in [5.74, 6) is -0.688. The van der Waals surface area contributed by atoms with Crippen LogP contribution in [-0.2, 0) is 20.9 Å². The summed E-state index contributed by atoms with van der Waals surface area (Å²) in [4.78, 5) is 34.8. The van der Waals surface area contributed by atoms with E-state index in [9.17, 15) is 19.7 Å². The first kappa shape index (κ1) is 22.8. The second kappa shape index (κ2) is 10.4. The number of carbonyl (C=O) groups is 2. The van der Waals surface area contributed by atoms with Gasteiger partial charge in [-0.2, -0.15) is 0 Å². The molecule has 0 spiro atoms. The maximum absolute atomic E-state index is 12.6. The third-order valence-corrected chi connectivity index (χ3v) is 3.64. The first-order valence-corrected chi connectivity index (χ1v) is 9.21. The molecule has 0 bridgehead atoms. The lowest BCUT2D eigenvalue weighted by Crippen LogP contribution is -2.47. The number of hydrogen-bond acceptors (Lipinski definition) is 7. The van der Waals surface area contributed by atoms with Crippen LogP contribution in [0.1, 0.15) is 26.3 Å². The smallest absolute Gasteiger partial charge is 0.408 e. The number of nitrogens with zero attached hydrogens (tertiary/aromatic N) is 1. The fourth-order valence-corrected chi connectivity index (χ4v) is 2.31. The Hall–Kier alpha value is -3.46. The molecule has 160 valence electrons. The first-order valence-electron chi connectivity index (χ1n) is 9.21. The Morgan fingerprint density at radius 3 is 2.27 bits per heavy atom. The van der Waals surface area contributed by atoms with Crippen LogP contribution in [0.4, 0.5) is 10.5 Å². The van der Waals surface area contributed by atoms with E-state index in [1.54, 1.807) is 20.8 Å². The van der Waals surface area contributed by atoms with E-state index in [1.165, 1.54) is 24.3 Å². The molecule has 30 heavy (non-hydrogen) atoms. The molecule has 0 fully saturated rings. The average Bonchev–Trinajstić information content (AvgIpc) is 2.67. The van der Waals surface area contributed by atoms with E-state index in [0.29, 0.717) is 0 Å². The van der Waals surface area contributed by atoms with Gasteiger partial charge in [-0.05, 0) is 38.5 Å². The molecule has 1 atom stereocenters. The van der Waals surface area contributed by atoms with Gasteiger partial charge in [0.15, 0.2) is 6.04 Å². The van der Waals surface area contributed by atoms with Gasteiger partial charge in [0.2, 0.25) is 0 Å². The molecule has 0 saturated carbocycles. The predicted octanol–water partition coefficient (Wildman–Crippen LogP) is 3.61. The van der Waals surface area contributed by atoms with Gasteiger partial charge < -0.3 is 19.5 Å². The van der Waals surface area contributed by atoms with E-state index in [-0.39, 0.29) is 24.7 Å². The number of amides is 1. The van der Waals surface area contributed by atoms with Crippen LogP contribution >= 0.6 is 0 Å². The number of carbonyl (C=O) groups excluding carboxylic acids is 2. The van der Waals surface area contributed by atoms with E-state index in [2.05, 4.69) is 5.32 Å². The van der Waals surface area contributed by atoms with Crippen molar-refractivity contribution in [2.45, 2.75) is 39.0 Å². The molecule has 0 saturated heterocycles. The van der Waals surface area contributed by atoms with Crippen LogP contribution in [-0.4, -0.2) is 35.2 Å². The minimum absolute atomic E-state index is 0.102. The van der Waals surface area contributed by atoms with Gasteiger partial charge in [-0.1, -0.05) is 30.3 Å². The van der Waals surface area contributed by atoms with Crippen LogP contribution in [0.2, 0.25) is 0 Å². The largest absolute Gasteiger partial charge is 0.444 e. The number of esters is 1. The van der Waals surface area contributed by atoms with Gasteiger partial charge in [0, 0.05) is 12.1 Å². The molecule has 2 aromatic carbocycles. The quantitative estimate of drug-likeness (QED) is 0.302. The summed E-state index contributed by atoms with van der Waals surface area (Å²) in [6.07, 6.45) is -0.795. The van der Waals surface area contributed by atoms with Crippen molar-refractivity contribution < 1.29 is 28.7 Å². The molecule has 0 heterocycles. The number of rotatable bonds is 8. The highest BCUT2D eigenvalue weighted by molar-refractivity contribution is 5.83. The lowest BCUT2D eigenvalue weighted by molar-refractivity contribution is -0.384. The zero-order valence-corrected chi connectivity index (χ0v) is 17.0. The Labute approximate surface area is 174 Å². The second-order valence-electron chi connectivity index (χ2n) is 7.37. The van der Waals surface area contributed by atoms with Crippen molar-refractivity contribution in [3.63, 3.8) is 0 Å². The van der Waals surface area contributed by atoms with Crippen LogP contribution < -0.4 is 10.1 Å². The highest BCUT2D eigenvalue weighted by Crippen LogP contribution is 2.18. The van der Waals surface area contributed by atoms with Gasteiger partial charge in [0.1, 0.15) is 11.4 Å². The van der Waals surface area contributed by atoms with E-state index >= 15 is 0 Å². The SMILES string of the molecule is CC(C)(C)OC(=O)NC(COCc1ccccc1)C(=O)Oc1ccc([N+](=O)[O-])cc1. The van der Waals surface area contributed by atoms with E-state index in [4.69, 9.17) is 14.2 Å². The summed E-state index contributed by atoms with van der Waals surface area (Å²) in [5, 5.41) is 13.2. The highest BCUT2D eigenvalue weighted by atomic mass is 16.6. The van der Waals surface area contributed by atoms with Crippen LogP contribution in [0.25, 0.3) is 0 Å². The predicted molar refractivity (Wildman–Crippen MR) is 108 cm³/mol. The number of nitro groups is 1. The molecule has 9 nitrogen and oxygen atoms in total. The maximum Gasteiger partial charge on any atom is 0.408 e. The molecule has 1 amide bonds. The second-order valence-corrected chi connectivity index (χ2v) is 7.37. The Kier molecular flexibility index (Phi) is 7.88. The molecule has 1 unspecified atom stereocenters. The molecular formula is C21H24N2O7. The number of alkyl carbamates (subject to hydrolysis) is 1. The molecule has 2 rings (SSSR count). The normalized spacial score (nSPS) is 12.0. The summed E-state index contributed by atoms with van der Waals surface area (Å²) in [5.41, 5.74) is 0.0172. The number of hydrogen-bond donors (Lipinski definition) is 1. The molecular weight excluding hydrogens is 392 g/mol. The van der Waals surface area contributed by atoms with Gasteiger partial charge in [-0.3, -0.25) is 10.1 Å². The lowest BCUT2D eigenvalue weighted by Gasteiger charge is -2.23. The van der Waals surface area contributed by atoms with Gasteiger partial charge in [-0.25, -0.2) is 9.59 Å². The fourth-order valence-electron chi connectivity index (χ4n) is 2.31. The number of nitro benzene ring substituents is 1. The zero-order chi connectivity index (χ0) is 22.1. The number of nitrogens with one attached hydrogen (secondary N) is 1. The molecule has 0 aliphatic carbocycles. The summed E-state index contributed by atoms with van der Waals surface area (Å²) in [7, 11) is 0. The maximum atomic E-state index is 12.6. The topological polar surface area (TPSA) is 117 Å². The van der Waals surface area contributed by atoms with Gasteiger partial charge in [0.25, 0.3) is 5.69 Å². The first-order chi connectivity index (χ1) is 14.1. The molecule has 1 N–H and O–H groups in total. The Bertz CT molecular complexity index is 861. The van der Waals surface area contributed by atoms with Gasteiger partial charge in [-0.15, -0.1) is 0 Å². The molecule has 9 heteroatoms. The van der Waals surface area contributed by atoms with Gasteiger partial charge in [0.05, 0.1) is 18.1 Å². The summed E-state index contributed by atoms with van der Waals surface area (Å²) in [6.45, 7) is 5.17. The third-order valence-electron chi connectivity index (χ3n) is 3.64. The molecule has 0 aliphatic rings. The van der Waals surface area contributed by atoms with Crippen molar-refractivity contribution in [1.29, 1.82) is 0 Å². The fraction of sp³-hybridized carbons (Fsp3) is 0.333. The van der Waals surface area contributed by atoms with Crippen LogP contribution in [0.5, 0.6) is 5.75 Å². The van der Waals surface area contributed by atoms with Crippen molar-refractivity contribution in [3.05, 3.63) is 70.3 Å². The van der Waals surface area contributed by atoms with Crippen LogP contribution in [0.3, 0.4) is 0 Å². The van der Waals surface area contributed by atoms with Gasteiger partial charge >= 0.3 is 12.1 Å². The minimum atomic E-state index is -1.14. The molecule has 0 aromatic heterocycles. The van der Waals surface area contributed by atoms with E-state index < -0.39 is 28.6 Å². The van der Waals surface area contributed by atoms with E-state index in [0.717, 1.165) is 5.56 Å². The van der Waals surface area contributed by atoms with Crippen molar-refractivity contribution in [2.75, 3.05) is 6.61 Å². The third kappa shape index (κ3) is 7.88. The highest BCUT2D eigenvalue weighted by Gasteiger charge is 2.26. The van der Waals surface area contributed by atoms with Crippen molar-refractivity contribution >= 4 is 17.7 Å². The van der Waals surface area contributed by atoms with Crippen molar-refractivity contribution in [2.24, 2.45) is 0 Å². The lowest BCUT2D eigenvalue weighted by atomic mass is 10.2. The van der Waals surface area contributed by atoms with Crippen LogP contribution in [0.15, 0.2) is 54.6 Å². The Morgan fingerprint density at radius 2 is 1.70 bits per heavy atom. The van der Waals surface area contributed by atoms with Crippen LogP contribution in [0, 0.1) is 10.1 Å². The summed E-state index contributed by atoms with van der Waals surface area (Å²) in [6, 6.07) is 13.2. The number of non-ortho nitro benzene ring substituents is 1. The standard InChI is InChI=1S/C21H24N2O7/c1-21(2,3)30-20(25)22-18(14-28-13-15-7-5-4-6-8-15)19(24)29-17-11-9-16(10-12-17)23(26)27/h4-12,18H,13-14H2,1-3H3,(H,22,25). The van der Waals surface area contributed by atoms with Crippen molar-refractivity contribution in [3.8, 4) is 5.75 Å². The monoisotopic (exact) mass is 416 g/mol. The average molecular weight is 416 g/mol. The number of benzene rings is 2.